The van der Waals surface area contributed by atoms with Gasteiger partial charge in [-0.2, -0.15) is 0 Å². The van der Waals surface area contributed by atoms with Gasteiger partial charge in [0.1, 0.15) is 0 Å². The predicted molar refractivity (Wildman–Crippen MR) is 45.4 cm³/mol. The second kappa shape index (κ2) is 3.58. The van der Waals surface area contributed by atoms with Crippen molar-refractivity contribution in [3.8, 4) is 0 Å². The number of nitrogens with zero attached hydrogens (tertiary/aromatic N) is 1. The maximum atomic E-state index is 9.11. The normalized spacial score (nSPS) is 16.3. The predicted octanol–water partition coefficient (Wildman–Crippen LogP) is 1.82. The van der Waals surface area contributed by atoms with Crippen LogP contribution in [0.1, 0.15) is 26.3 Å². The van der Waals surface area contributed by atoms with Crippen molar-refractivity contribution < 1.29 is 5.11 Å². The molecule has 2 atom stereocenters. The molecule has 0 fully saturated rings. The molecule has 1 rings (SSSR count). The van der Waals surface area contributed by atoms with Crippen LogP contribution in [0.4, 0.5) is 0 Å². The van der Waals surface area contributed by atoms with Crippen LogP contribution in [-0.4, -0.2) is 15.8 Å². The van der Waals surface area contributed by atoms with Gasteiger partial charge in [0.25, 0.3) is 0 Å². The first-order chi connectivity index (χ1) is 5.20. The molecule has 0 bridgehead atoms. The lowest BCUT2D eigenvalue weighted by atomic mass is 10.1. The summed E-state index contributed by atoms with van der Waals surface area (Å²) in [5, 5.41) is 9.11. The molecule has 1 aromatic heterocycles. The standard InChI is InChI=1S/C9H15NO/c1-8(7-9(2)11)10-5-3-4-6-10/h3-6,8-9,11H,7H2,1-2H3. The van der Waals surface area contributed by atoms with Crippen molar-refractivity contribution in [1.29, 1.82) is 0 Å². The first-order valence-electron chi connectivity index (χ1n) is 4.00. The van der Waals surface area contributed by atoms with Gasteiger partial charge in [0.2, 0.25) is 0 Å². The molecule has 0 radical (unpaired) electrons. The Morgan fingerprint density at radius 3 is 2.27 bits per heavy atom. The highest BCUT2D eigenvalue weighted by molar-refractivity contribution is 4.92. The van der Waals surface area contributed by atoms with E-state index in [1.165, 1.54) is 0 Å². The minimum absolute atomic E-state index is 0.215. The molecular formula is C9H15NO. The summed E-state index contributed by atoms with van der Waals surface area (Å²) in [5.41, 5.74) is 0. The fourth-order valence-electron chi connectivity index (χ4n) is 1.26. The van der Waals surface area contributed by atoms with Gasteiger partial charge >= 0.3 is 0 Å². The molecular weight excluding hydrogens is 138 g/mol. The number of aliphatic hydroxyl groups excluding tert-OH is 1. The average Bonchev–Trinajstić information content (AvgIpc) is 2.35. The molecule has 62 valence electrons. The Labute approximate surface area is 67.5 Å². The molecule has 0 aliphatic heterocycles. The van der Waals surface area contributed by atoms with E-state index in [-0.39, 0.29) is 6.10 Å². The monoisotopic (exact) mass is 153 g/mol. The van der Waals surface area contributed by atoms with E-state index in [1.54, 1.807) is 0 Å². The topological polar surface area (TPSA) is 25.2 Å². The molecule has 11 heavy (non-hydrogen) atoms. The van der Waals surface area contributed by atoms with Gasteiger partial charge in [-0.15, -0.1) is 0 Å². The Hall–Kier alpha value is -0.760. The molecule has 2 unspecified atom stereocenters. The highest BCUT2D eigenvalue weighted by Crippen LogP contribution is 2.12. The first-order valence-corrected chi connectivity index (χ1v) is 4.00. The number of aliphatic hydroxyl groups is 1. The van der Waals surface area contributed by atoms with E-state index in [0.29, 0.717) is 6.04 Å². The van der Waals surface area contributed by atoms with Crippen LogP contribution in [0.25, 0.3) is 0 Å². The molecule has 1 heterocycles. The minimum Gasteiger partial charge on any atom is -0.393 e. The number of rotatable bonds is 3. The molecule has 0 saturated heterocycles. The molecule has 0 amide bonds. The fraction of sp³-hybridized carbons (Fsp3) is 0.556. The van der Waals surface area contributed by atoms with Gasteiger partial charge in [0.15, 0.2) is 0 Å². The number of aromatic nitrogens is 1. The van der Waals surface area contributed by atoms with Gasteiger partial charge < -0.3 is 9.67 Å². The molecule has 1 aromatic rings. The summed E-state index contributed by atoms with van der Waals surface area (Å²) in [6, 6.07) is 4.39. The Morgan fingerprint density at radius 1 is 1.27 bits per heavy atom. The van der Waals surface area contributed by atoms with Crippen molar-refractivity contribution in [1.82, 2.24) is 4.57 Å². The van der Waals surface area contributed by atoms with Crippen LogP contribution in [0.2, 0.25) is 0 Å². The largest absolute Gasteiger partial charge is 0.393 e. The smallest absolute Gasteiger partial charge is 0.0531 e. The van der Waals surface area contributed by atoms with Gasteiger partial charge in [-0.05, 0) is 32.4 Å². The van der Waals surface area contributed by atoms with E-state index < -0.39 is 0 Å². The zero-order chi connectivity index (χ0) is 8.27. The lowest BCUT2D eigenvalue weighted by molar-refractivity contribution is 0.165. The molecule has 1 N–H and O–H groups in total. The lowest BCUT2D eigenvalue weighted by Crippen LogP contribution is -2.10. The average molecular weight is 153 g/mol. The molecule has 0 saturated carbocycles. The molecule has 0 aromatic carbocycles. The van der Waals surface area contributed by atoms with E-state index in [0.717, 1.165) is 6.42 Å². The zero-order valence-electron chi connectivity index (χ0n) is 7.07. The van der Waals surface area contributed by atoms with Crippen LogP contribution >= 0.6 is 0 Å². The molecule has 2 heteroatoms. The van der Waals surface area contributed by atoms with Gasteiger partial charge in [0, 0.05) is 18.4 Å². The van der Waals surface area contributed by atoms with Crippen LogP contribution in [0, 0.1) is 0 Å². The van der Waals surface area contributed by atoms with E-state index in [2.05, 4.69) is 11.5 Å². The maximum Gasteiger partial charge on any atom is 0.0531 e. The van der Waals surface area contributed by atoms with Crippen LogP contribution in [-0.2, 0) is 0 Å². The van der Waals surface area contributed by atoms with E-state index in [9.17, 15) is 0 Å². The third-order valence-corrected chi connectivity index (χ3v) is 1.82. The van der Waals surface area contributed by atoms with Crippen molar-refractivity contribution >= 4 is 0 Å². The van der Waals surface area contributed by atoms with Crippen molar-refractivity contribution in [3.05, 3.63) is 24.5 Å². The first kappa shape index (κ1) is 8.34. The number of hydrogen-bond donors (Lipinski definition) is 1. The Bertz CT molecular complexity index is 191. The highest BCUT2D eigenvalue weighted by atomic mass is 16.3. The minimum atomic E-state index is -0.215. The Morgan fingerprint density at radius 2 is 1.82 bits per heavy atom. The van der Waals surface area contributed by atoms with E-state index in [1.807, 2.05) is 31.5 Å². The van der Waals surface area contributed by atoms with Crippen molar-refractivity contribution in [2.75, 3.05) is 0 Å². The summed E-state index contributed by atoms with van der Waals surface area (Å²) < 4.78 is 2.10. The summed E-state index contributed by atoms with van der Waals surface area (Å²) in [7, 11) is 0. The van der Waals surface area contributed by atoms with Gasteiger partial charge in [-0.3, -0.25) is 0 Å². The van der Waals surface area contributed by atoms with Gasteiger partial charge in [-0.25, -0.2) is 0 Å². The maximum absolute atomic E-state index is 9.11. The van der Waals surface area contributed by atoms with Crippen molar-refractivity contribution in [2.24, 2.45) is 0 Å². The highest BCUT2D eigenvalue weighted by Gasteiger charge is 2.05. The molecule has 0 aliphatic rings. The molecule has 0 spiro atoms. The quantitative estimate of drug-likeness (QED) is 0.704. The molecule has 2 nitrogen and oxygen atoms in total. The second-order valence-corrected chi connectivity index (χ2v) is 3.06. The zero-order valence-corrected chi connectivity index (χ0v) is 7.07. The molecule has 0 aliphatic carbocycles. The SMILES string of the molecule is CC(O)CC(C)n1cccc1. The lowest BCUT2D eigenvalue weighted by Gasteiger charge is -2.14. The van der Waals surface area contributed by atoms with Crippen LogP contribution in [0.15, 0.2) is 24.5 Å². The Balaban J connectivity index is 2.49. The number of hydrogen-bond acceptors (Lipinski definition) is 1. The Kier molecular flexibility index (Phi) is 2.71. The van der Waals surface area contributed by atoms with E-state index in [4.69, 9.17) is 5.11 Å². The van der Waals surface area contributed by atoms with E-state index >= 15 is 0 Å². The van der Waals surface area contributed by atoms with Gasteiger partial charge in [-0.1, -0.05) is 0 Å². The summed E-state index contributed by atoms with van der Waals surface area (Å²) >= 11 is 0. The summed E-state index contributed by atoms with van der Waals surface area (Å²) in [6.07, 6.45) is 4.64. The third-order valence-electron chi connectivity index (χ3n) is 1.82. The van der Waals surface area contributed by atoms with Gasteiger partial charge in [0.05, 0.1) is 6.10 Å². The third kappa shape index (κ3) is 2.39. The van der Waals surface area contributed by atoms with Crippen molar-refractivity contribution in [2.45, 2.75) is 32.4 Å². The second-order valence-electron chi connectivity index (χ2n) is 3.06. The van der Waals surface area contributed by atoms with Crippen LogP contribution < -0.4 is 0 Å². The van der Waals surface area contributed by atoms with Crippen LogP contribution in [0.5, 0.6) is 0 Å². The van der Waals surface area contributed by atoms with Crippen molar-refractivity contribution in [3.63, 3.8) is 0 Å². The summed E-state index contributed by atoms with van der Waals surface area (Å²) in [5.74, 6) is 0. The van der Waals surface area contributed by atoms with Crippen LogP contribution in [0.3, 0.4) is 0 Å². The fourth-order valence-corrected chi connectivity index (χ4v) is 1.26. The summed E-state index contributed by atoms with van der Waals surface area (Å²) in [4.78, 5) is 0. The summed E-state index contributed by atoms with van der Waals surface area (Å²) in [6.45, 7) is 3.92.